The second-order valence-corrected chi connectivity index (χ2v) is 11.6. The SMILES string of the molecule is CCN1CCN(Cc2ccc(NC(=O)c3ccc(C)c(C#Cc4cnc5c(Nc6cnn(C)c6)cccn45)c3)cc2C(F)(F)F)CC1. The van der Waals surface area contributed by atoms with Crippen molar-refractivity contribution in [1.29, 1.82) is 0 Å². The number of hydrogen-bond acceptors (Lipinski definition) is 6. The number of nitrogens with one attached hydrogen (secondary N) is 2. The summed E-state index contributed by atoms with van der Waals surface area (Å²) in [7, 11) is 1.84. The number of anilines is 3. The van der Waals surface area contributed by atoms with Gasteiger partial charge in [0.15, 0.2) is 5.65 Å². The van der Waals surface area contributed by atoms with Crippen LogP contribution in [-0.2, 0) is 19.8 Å². The van der Waals surface area contributed by atoms with Gasteiger partial charge in [-0.1, -0.05) is 25.0 Å². The van der Waals surface area contributed by atoms with Gasteiger partial charge in [0.05, 0.1) is 29.3 Å². The number of alkyl halides is 3. The average molecular weight is 641 g/mol. The minimum Gasteiger partial charge on any atom is -0.350 e. The molecule has 1 saturated heterocycles. The summed E-state index contributed by atoms with van der Waals surface area (Å²) < 4.78 is 45.9. The highest BCUT2D eigenvalue weighted by atomic mass is 19.4. The highest BCUT2D eigenvalue weighted by molar-refractivity contribution is 6.04. The Hall–Kier alpha value is -5.12. The Morgan fingerprint density at radius 3 is 2.49 bits per heavy atom. The van der Waals surface area contributed by atoms with Crippen molar-refractivity contribution in [1.82, 2.24) is 29.0 Å². The first-order valence-corrected chi connectivity index (χ1v) is 15.4. The lowest BCUT2D eigenvalue weighted by Gasteiger charge is -2.34. The summed E-state index contributed by atoms with van der Waals surface area (Å²) in [5, 5.41) is 10.1. The maximum absolute atomic E-state index is 14.1. The third-order valence-electron chi connectivity index (χ3n) is 8.32. The number of halogens is 3. The summed E-state index contributed by atoms with van der Waals surface area (Å²) in [6.07, 6.45) is 2.57. The van der Waals surface area contributed by atoms with E-state index in [9.17, 15) is 18.0 Å². The molecule has 0 spiro atoms. The summed E-state index contributed by atoms with van der Waals surface area (Å²) in [4.78, 5) is 22.1. The zero-order chi connectivity index (χ0) is 33.1. The molecule has 0 unspecified atom stereocenters. The Morgan fingerprint density at radius 1 is 0.979 bits per heavy atom. The fourth-order valence-corrected chi connectivity index (χ4v) is 5.64. The maximum atomic E-state index is 14.1. The number of benzene rings is 2. The van der Waals surface area contributed by atoms with Crippen LogP contribution in [0.2, 0.25) is 0 Å². The molecular formula is C35H35F3N8O. The van der Waals surface area contributed by atoms with E-state index in [-0.39, 0.29) is 23.4 Å². The van der Waals surface area contributed by atoms with Crippen molar-refractivity contribution in [2.24, 2.45) is 7.05 Å². The Kier molecular flexibility index (Phi) is 9.02. The summed E-state index contributed by atoms with van der Waals surface area (Å²) in [5.74, 6) is 5.77. The van der Waals surface area contributed by atoms with Crippen LogP contribution in [0.15, 0.2) is 73.3 Å². The number of amides is 1. The lowest BCUT2D eigenvalue weighted by atomic mass is 10.0. The first-order valence-electron chi connectivity index (χ1n) is 15.4. The van der Waals surface area contributed by atoms with Gasteiger partial charge in [-0.15, -0.1) is 0 Å². The topological polar surface area (TPSA) is 82.7 Å². The number of likely N-dealkylation sites (N-methyl/N-ethyl adjacent to an activating group) is 1. The number of imidazole rings is 1. The van der Waals surface area contributed by atoms with Gasteiger partial charge in [0.1, 0.15) is 5.69 Å². The number of nitrogens with zero attached hydrogens (tertiary/aromatic N) is 6. The molecule has 4 heterocycles. The van der Waals surface area contributed by atoms with Crippen molar-refractivity contribution >= 4 is 28.6 Å². The number of fused-ring (bicyclic) bond motifs is 1. The van der Waals surface area contributed by atoms with Crippen LogP contribution in [0.3, 0.4) is 0 Å². The number of piperazine rings is 1. The Labute approximate surface area is 271 Å². The molecule has 1 fully saturated rings. The van der Waals surface area contributed by atoms with Crippen LogP contribution in [0.1, 0.15) is 45.2 Å². The smallest absolute Gasteiger partial charge is 0.350 e. The predicted octanol–water partition coefficient (Wildman–Crippen LogP) is 5.93. The van der Waals surface area contributed by atoms with Gasteiger partial charge in [-0.3, -0.25) is 18.8 Å². The largest absolute Gasteiger partial charge is 0.416 e. The second-order valence-electron chi connectivity index (χ2n) is 11.6. The van der Waals surface area contributed by atoms with Gasteiger partial charge in [0, 0.05) is 69.0 Å². The molecule has 2 N–H and O–H groups in total. The molecule has 5 aromatic rings. The quantitative estimate of drug-likeness (QED) is 0.215. The van der Waals surface area contributed by atoms with Gasteiger partial charge < -0.3 is 15.5 Å². The molecule has 0 aliphatic carbocycles. The number of hydrogen-bond donors (Lipinski definition) is 2. The van der Waals surface area contributed by atoms with E-state index in [2.05, 4.69) is 44.4 Å². The number of pyridine rings is 1. The Bertz CT molecular complexity index is 1980. The van der Waals surface area contributed by atoms with Crippen molar-refractivity contribution in [2.45, 2.75) is 26.6 Å². The molecule has 0 saturated carbocycles. The molecule has 0 bridgehead atoms. The van der Waals surface area contributed by atoms with Crippen molar-refractivity contribution in [2.75, 3.05) is 43.4 Å². The Morgan fingerprint density at radius 2 is 1.77 bits per heavy atom. The first kappa shape index (κ1) is 31.8. The van der Waals surface area contributed by atoms with Crippen LogP contribution in [0.25, 0.3) is 5.65 Å². The average Bonchev–Trinajstić information content (AvgIpc) is 3.67. The van der Waals surface area contributed by atoms with Crippen LogP contribution < -0.4 is 10.6 Å². The van der Waals surface area contributed by atoms with E-state index < -0.39 is 17.6 Å². The minimum absolute atomic E-state index is 0.0801. The van der Waals surface area contributed by atoms with Crippen LogP contribution in [-0.4, -0.2) is 67.6 Å². The molecule has 47 heavy (non-hydrogen) atoms. The zero-order valence-corrected chi connectivity index (χ0v) is 26.4. The van der Waals surface area contributed by atoms with Crippen LogP contribution in [0.5, 0.6) is 0 Å². The van der Waals surface area contributed by atoms with Crippen molar-refractivity contribution in [3.05, 3.63) is 107 Å². The zero-order valence-electron chi connectivity index (χ0n) is 26.4. The van der Waals surface area contributed by atoms with E-state index in [1.54, 1.807) is 35.3 Å². The van der Waals surface area contributed by atoms with Crippen molar-refractivity contribution in [3.63, 3.8) is 0 Å². The van der Waals surface area contributed by atoms with Gasteiger partial charge in [-0.25, -0.2) is 4.98 Å². The van der Waals surface area contributed by atoms with Gasteiger partial charge in [0.25, 0.3) is 5.91 Å². The maximum Gasteiger partial charge on any atom is 0.416 e. The molecule has 242 valence electrons. The number of carbonyl (C=O) groups excluding carboxylic acids is 1. The Balaban J connectivity index is 1.19. The lowest BCUT2D eigenvalue weighted by Crippen LogP contribution is -2.45. The van der Waals surface area contributed by atoms with E-state index in [1.165, 1.54) is 12.1 Å². The molecule has 6 rings (SSSR count). The van der Waals surface area contributed by atoms with Crippen molar-refractivity contribution in [3.8, 4) is 11.8 Å². The lowest BCUT2D eigenvalue weighted by molar-refractivity contribution is -0.138. The van der Waals surface area contributed by atoms with Crippen LogP contribution >= 0.6 is 0 Å². The van der Waals surface area contributed by atoms with Gasteiger partial charge >= 0.3 is 6.18 Å². The number of carbonyl (C=O) groups is 1. The number of aryl methyl sites for hydroxylation is 2. The van der Waals surface area contributed by atoms with Crippen LogP contribution in [0.4, 0.5) is 30.2 Å². The molecule has 1 amide bonds. The molecule has 9 nitrogen and oxygen atoms in total. The van der Waals surface area contributed by atoms with E-state index >= 15 is 0 Å². The van der Waals surface area contributed by atoms with E-state index in [0.29, 0.717) is 30.0 Å². The number of aromatic nitrogens is 4. The molecule has 0 radical (unpaired) electrons. The molecule has 3 aromatic heterocycles. The molecule has 0 atom stereocenters. The molecule has 1 aliphatic heterocycles. The second kappa shape index (κ2) is 13.3. The number of rotatable bonds is 7. The third kappa shape index (κ3) is 7.32. The minimum atomic E-state index is -4.55. The van der Waals surface area contributed by atoms with E-state index in [1.807, 2.05) is 47.8 Å². The van der Waals surface area contributed by atoms with Gasteiger partial charge in [-0.2, -0.15) is 18.3 Å². The van der Waals surface area contributed by atoms with E-state index in [0.717, 1.165) is 42.6 Å². The van der Waals surface area contributed by atoms with Gasteiger partial charge in [-0.05, 0) is 66.9 Å². The standard InChI is InChI=1S/C35H35F3N8O/c1-4-44-14-16-45(17-15-44)22-27-9-11-28(19-31(27)35(36,37)38)42-34(47)26-8-7-24(2)25(18-26)10-12-30-21-39-33-32(6-5-13-46(30)33)41-29-20-40-43(3)23-29/h5-9,11,13,18-21,23,41H,4,14-17,22H2,1-3H3,(H,42,47). The first-order chi connectivity index (χ1) is 22.6. The van der Waals surface area contributed by atoms with E-state index in [4.69, 9.17) is 0 Å². The molecular weight excluding hydrogens is 605 g/mol. The highest BCUT2D eigenvalue weighted by Crippen LogP contribution is 2.35. The highest BCUT2D eigenvalue weighted by Gasteiger charge is 2.34. The summed E-state index contributed by atoms with van der Waals surface area (Å²) in [6.45, 7) is 8.19. The fraction of sp³-hybridized carbons (Fsp3) is 0.286. The monoisotopic (exact) mass is 640 g/mol. The molecule has 12 heteroatoms. The normalized spacial score (nSPS) is 14.2. The predicted molar refractivity (Wildman–Crippen MR) is 176 cm³/mol. The third-order valence-corrected chi connectivity index (χ3v) is 8.32. The van der Waals surface area contributed by atoms with Crippen molar-refractivity contribution < 1.29 is 18.0 Å². The molecule has 1 aliphatic rings. The van der Waals surface area contributed by atoms with Gasteiger partial charge in [0.2, 0.25) is 0 Å². The summed E-state index contributed by atoms with van der Waals surface area (Å²) in [5.41, 5.74) is 4.25. The van der Waals surface area contributed by atoms with Crippen LogP contribution in [0, 0.1) is 18.8 Å². The molecule has 2 aromatic carbocycles. The summed E-state index contributed by atoms with van der Waals surface area (Å²) in [6, 6.07) is 12.9. The summed E-state index contributed by atoms with van der Waals surface area (Å²) >= 11 is 0. The fourth-order valence-electron chi connectivity index (χ4n) is 5.64.